The van der Waals surface area contributed by atoms with Gasteiger partial charge in [-0.3, -0.25) is 14.9 Å². The molecule has 3 rings (SSSR count). The number of hydrogen-bond donors (Lipinski definition) is 1. The van der Waals surface area contributed by atoms with Crippen molar-refractivity contribution >= 4 is 27.6 Å². The van der Waals surface area contributed by atoms with Crippen LogP contribution >= 0.6 is 0 Å². The molecule has 32 heavy (non-hydrogen) atoms. The number of ketones is 1. The van der Waals surface area contributed by atoms with Crippen LogP contribution in [0.1, 0.15) is 29.2 Å². The van der Waals surface area contributed by atoms with E-state index in [2.05, 4.69) is 4.72 Å². The Bertz CT molecular complexity index is 1220. The van der Waals surface area contributed by atoms with Gasteiger partial charge in [-0.15, -0.1) is 0 Å². The third-order valence-corrected chi connectivity index (χ3v) is 6.29. The Morgan fingerprint density at radius 2 is 1.62 bits per heavy atom. The average molecular weight is 451 g/mol. The van der Waals surface area contributed by atoms with E-state index >= 15 is 0 Å². The van der Waals surface area contributed by atoms with Crippen LogP contribution in [0.5, 0.6) is 0 Å². The van der Waals surface area contributed by atoms with Gasteiger partial charge in [-0.2, -0.15) is 0 Å². The number of non-ortho nitro benzene ring substituents is 1. The van der Waals surface area contributed by atoms with Crippen molar-refractivity contribution in [2.45, 2.75) is 24.3 Å². The zero-order chi connectivity index (χ0) is 23.1. The van der Waals surface area contributed by atoms with E-state index < -0.39 is 21.0 Å². The number of sulfonamides is 1. The summed E-state index contributed by atoms with van der Waals surface area (Å²) in [6.07, 6.45) is 2.91. The van der Waals surface area contributed by atoms with Gasteiger partial charge in [0.1, 0.15) is 0 Å². The van der Waals surface area contributed by atoms with Crippen LogP contribution in [0.3, 0.4) is 0 Å². The topological polar surface area (TPSA) is 106 Å². The summed E-state index contributed by atoms with van der Waals surface area (Å²) in [5, 5.41) is 11.0. The number of aryl methyl sites for hydroxylation is 1. The summed E-state index contributed by atoms with van der Waals surface area (Å²) in [6.45, 7) is 1.85. The van der Waals surface area contributed by atoms with Gasteiger partial charge in [0.25, 0.3) is 5.69 Å². The first-order chi connectivity index (χ1) is 15.2. The van der Waals surface area contributed by atoms with Crippen molar-refractivity contribution in [2.75, 3.05) is 0 Å². The highest BCUT2D eigenvalue weighted by molar-refractivity contribution is 7.89. The van der Waals surface area contributed by atoms with Gasteiger partial charge in [-0.25, -0.2) is 13.1 Å². The number of allylic oxidation sites excluding steroid dienone is 1. The number of carbonyl (C=O) groups excluding carboxylic acids is 1. The molecule has 0 bridgehead atoms. The minimum atomic E-state index is -3.92. The maximum atomic E-state index is 12.9. The molecule has 1 atom stereocenters. The quantitative estimate of drug-likeness (QED) is 0.291. The van der Waals surface area contributed by atoms with Crippen LogP contribution in [0.2, 0.25) is 0 Å². The number of benzene rings is 3. The van der Waals surface area contributed by atoms with Gasteiger partial charge < -0.3 is 0 Å². The molecular weight excluding hydrogens is 428 g/mol. The first-order valence-corrected chi connectivity index (χ1v) is 11.3. The van der Waals surface area contributed by atoms with E-state index in [4.69, 9.17) is 0 Å². The molecule has 0 aliphatic heterocycles. The van der Waals surface area contributed by atoms with E-state index in [1.807, 2.05) is 37.3 Å². The zero-order valence-electron chi connectivity index (χ0n) is 17.3. The summed E-state index contributed by atoms with van der Waals surface area (Å²) in [4.78, 5) is 23.1. The summed E-state index contributed by atoms with van der Waals surface area (Å²) in [5.41, 5.74) is 2.09. The molecule has 7 nitrogen and oxygen atoms in total. The van der Waals surface area contributed by atoms with Gasteiger partial charge in [-0.1, -0.05) is 66.2 Å². The fourth-order valence-electron chi connectivity index (χ4n) is 3.05. The fraction of sp³-hybridized carbons (Fsp3) is 0.125. The number of nitrogens with one attached hydrogen (secondary N) is 1. The molecule has 0 heterocycles. The van der Waals surface area contributed by atoms with Crippen molar-refractivity contribution in [1.29, 1.82) is 0 Å². The molecule has 3 aromatic rings. The smallest absolute Gasteiger partial charge is 0.269 e. The van der Waals surface area contributed by atoms with Crippen LogP contribution in [0.4, 0.5) is 5.69 Å². The van der Waals surface area contributed by atoms with E-state index in [0.717, 1.165) is 11.1 Å². The van der Waals surface area contributed by atoms with Crippen molar-refractivity contribution < 1.29 is 18.1 Å². The molecule has 164 valence electrons. The van der Waals surface area contributed by atoms with Gasteiger partial charge in [-0.05, 0) is 36.3 Å². The maximum absolute atomic E-state index is 12.9. The molecule has 1 N–H and O–H groups in total. The largest absolute Gasteiger partial charge is 0.295 e. The monoisotopic (exact) mass is 450 g/mol. The highest BCUT2D eigenvalue weighted by atomic mass is 32.2. The van der Waals surface area contributed by atoms with Crippen LogP contribution < -0.4 is 4.72 Å². The van der Waals surface area contributed by atoms with Gasteiger partial charge in [0, 0.05) is 18.6 Å². The molecule has 0 fully saturated rings. The normalized spacial score (nSPS) is 12.5. The highest BCUT2D eigenvalue weighted by Crippen LogP contribution is 2.24. The van der Waals surface area contributed by atoms with Crippen LogP contribution in [0.15, 0.2) is 89.8 Å². The van der Waals surface area contributed by atoms with E-state index in [9.17, 15) is 23.3 Å². The second-order valence-electron chi connectivity index (χ2n) is 7.25. The van der Waals surface area contributed by atoms with E-state index in [-0.39, 0.29) is 22.8 Å². The lowest BCUT2D eigenvalue weighted by Gasteiger charge is -2.18. The first-order valence-electron chi connectivity index (χ1n) is 9.84. The fourth-order valence-corrected chi connectivity index (χ4v) is 4.28. The molecule has 0 aliphatic rings. The van der Waals surface area contributed by atoms with Crippen LogP contribution in [-0.4, -0.2) is 19.1 Å². The second-order valence-corrected chi connectivity index (χ2v) is 8.96. The molecule has 0 aromatic heterocycles. The summed E-state index contributed by atoms with van der Waals surface area (Å²) >= 11 is 0. The molecule has 0 saturated carbocycles. The third-order valence-electron chi connectivity index (χ3n) is 4.80. The third kappa shape index (κ3) is 6.19. The zero-order valence-corrected chi connectivity index (χ0v) is 18.2. The molecule has 8 heteroatoms. The summed E-state index contributed by atoms with van der Waals surface area (Å²) in [7, 11) is -3.92. The Balaban J connectivity index is 1.86. The second kappa shape index (κ2) is 10.1. The van der Waals surface area contributed by atoms with Crippen molar-refractivity contribution in [3.8, 4) is 0 Å². The Labute approximate surface area is 186 Å². The van der Waals surface area contributed by atoms with Crippen LogP contribution in [-0.2, 0) is 14.8 Å². The lowest BCUT2D eigenvalue weighted by molar-refractivity contribution is -0.384. The minimum absolute atomic E-state index is 0.0716. The van der Waals surface area contributed by atoms with Crippen molar-refractivity contribution in [1.82, 2.24) is 4.72 Å². The number of rotatable bonds is 9. The molecule has 0 radical (unpaired) electrons. The summed E-state index contributed by atoms with van der Waals surface area (Å²) in [6, 6.07) is 20.2. The van der Waals surface area contributed by atoms with Gasteiger partial charge in [0.15, 0.2) is 5.78 Å². The van der Waals surface area contributed by atoms with E-state index in [1.165, 1.54) is 42.5 Å². The minimum Gasteiger partial charge on any atom is -0.295 e. The van der Waals surface area contributed by atoms with Crippen molar-refractivity contribution in [3.05, 3.63) is 112 Å². The van der Waals surface area contributed by atoms with Crippen LogP contribution in [0, 0.1) is 17.0 Å². The molecule has 1 unspecified atom stereocenters. The molecule has 0 saturated heterocycles. The molecule has 0 amide bonds. The number of nitro groups is 1. The number of hydrogen-bond acceptors (Lipinski definition) is 5. The standard InChI is InChI=1S/C24H22N2O5S/c1-18-7-15-23(16-8-18)32(30,31)25-24(20-10-12-21(13-11-20)26(28)29)17-22(27)14-9-19-5-3-2-4-6-19/h2-16,24-25H,17H2,1H3/b14-9+. The van der Waals surface area contributed by atoms with Crippen molar-refractivity contribution in [3.63, 3.8) is 0 Å². The lowest BCUT2D eigenvalue weighted by Crippen LogP contribution is -2.30. The predicted molar refractivity (Wildman–Crippen MR) is 122 cm³/mol. The Hall–Kier alpha value is -3.62. The van der Waals surface area contributed by atoms with E-state index in [0.29, 0.717) is 5.56 Å². The summed E-state index contributed by atoms with van der Waals surface area (Å²) in [5.74, 6) is -0.288. The Morgan fingerprint density at radius 3 is 2.22 bits per heavy atom. The highest BCUT2D eigenvalue weighted by Gasteiger charge is 2.23. The Morgan fingerprint density at radius 1 is 1.00 bits per heavy atom. The lowest BCUT2D eigenvalue weighted by atomic mass is 10.0. The summed E-state index contributed by atoms with van der Waals surface area (Å²) < 4.78 is 28.4. The van der Waals surface area contributed by atoms with Gasteiger partial charge >= 0.3 is 0 Å². The van der Waals surface area contributed by atoms with E-state index in [1.54, 1.807) is 18.2 Å². The first kappa shape index (κ1) is 23.1. The maximum Gasteiger partial charge on any atom is 0.269 e. The molecule has 0 aliphatic carbocycles. The molecular formula is C24H22N2O5S. The van der Waals surface area contributed by atoms with Crippen LogP contribution in [0.25, 0.3) is 6.08 Å². The van der Waals surface area contributed by atoms with Crippen molar-refractivity contribution in [2.24, 2.45) is 0 Å². The molecule has 0 spiro atoms. The average Bonchev–Trinajstić information content (AvgIpc) is 2.78. The molecule has 3 aromatic carbocycles. The number of carbonyl (C=O) groups is 1. The number of nitrogens with zero attached hydrogens (tertiary/aromatic N) is 1. The Kier molecular flexibility index (Phi) is 7.29. The van der Waals surface area contributed by atoms with Gasteiger partial charge in [0.05, 0.1) is 15.9 Å². The SMILES string of the molecule is Cc1ccc(S(=O)(=O)NC(CC(=O)/C=C/c2ccccc2)c2ccc([N+](=O)[O-])cc2)cc1. The predicted octanol–water partition coefficient (Wildman–Crippen LogP) is 4.60. The van der Waals surface area contributed by atoms with Gasteiger partial charge in [0.2, 0.25) is 10.0 Å². The number of nitro benzene ring substituents is 1.